The maximum absolute atomic E-state index is 5.56. The van der Waals surface area contributed by atoms with Crippen LogP contribution in [-0.4, -0.2) is 31.8 Å². The van der Waals surface area contributed by atoms with E-state index in [-0.39, 0.29) is 6.04 Å². The van der Waals surface area contributed by atoms with E-state index in [9.17, 15) is 0 Å². The average Bonchev–Trinajstić information content (AvgIpc) is 1.95. The zero-order valence-electron chi connectivity index (χ0n) is 8.47. The zero-order chi connectivity index (χ0) is 9.40. The van der Waals surface area contributed by atoms with Crippen molar-refractivity contribution in [2.75, 3.05) is 19.7 Å². The van der Waals surface area contributed by atoms with E-state index in [0.29, 0.717) is 6.10 Å². The second-order valence-electron chi connectivity index (χ2n) is 3.45. The third-order valence-corrected chi connectivity index (χ3v) is 1.42. The summed E-state index contributed by atoms with van der Waals surface area (Å²) < 4.78 is 5.38. The first-order valence-corrected chi connectivity index (χ1v) is 4.71. The predicted octanol–water partition coefficient (Wildman–Crippen LogP) is 0.738. The van der Waals surface area contributed by atoms with E-state index in [1.165, 1.54) is 0 Å². The first kappa shape index (κ1) is 11.9. The number of nitrogens with one attached hydrogen (secondary N) is 1. The van der Waals surface area contributed by atoms with Crippen molar-refractivity contribution in [1.29, 1.82) is 0 Å². The lowest BCUT2D eigenvalue weighted by atomic mass is 10.3. The van der Waals surface area contributed by atoms with Crippen LogP contribution in [0.2, 0.25) is 0 Å². The van der Waals surface area contributed by atoms with Gasteiger partial charge in [0.2, 0.25) is 0 Å². The quantitative estimate of drug-likeness (QED) is 0.560. The maximum atomic E-state index is 5.56. The van der Waals surface area contributed by atoms with Crippen molar-refractivity contribution in [2.45, 2.75) is 39.3 Å². The highest BCUT2D eigenvalue weighted by molar-refractivity contribution is 4.56. The normalized spacial score (nSPS) is 13.8. The second-order valence-corrected chi connectivity index (χ2v) is 3.45. The summed E-state index contributed by atoms with van der Waals surface area (Å²) in [7, 11) is 0. The average molecular weight is 174 g/mol. The van der Waals surface area contributed by atoms with Gasteiger partial charge in [-0.1, -0.05) is 0 Å². The van der Waals surface area contributed by atoms with Gasteiger partial charge in [0.25, 0.3) is 0 Å². The fourth-order valence-electron chi connectivity index (χ4n) is 0.846. The third kappa shape index (κ3) is 9.88. The van der Waals surface area contributed by atoms with Crippen molar-refractivity contribution in [3.63, 3.8) is 0 Å². The van der Waals surface area contributed by atoms with Gasteiger partial charge in [0, 0.05) is 19.2 Å². The number of hydrogen-bond donors (Lipinski definition) is 2. The molecule has 1 atom stereocenters. The van der Waals surface area contributed by atoms with Gasteiger partial charge in [-0.05, 0) is 33.7 Å². The Morgan fingerprint density at radius 3 is 2.50 bits per heavy atom. The molecule has 0 fully saturated rings. The minimum Gasteiger partial charge on any atom is -0.379 e. The van der Waals surface area contributed by atoms with Gasteiger partial charge in [-0.3, -0.25) is 0 Å². The smallest absolute Gasteiger partial charge is 0.0518 e. The Labute approximate surface area is 75.7 Å². The summed E-state index contributed by atoms with van der Waals surface area (Å²) >= 11 is 0. The molecule has 0 aliphatic heterocycles. The standard InChI is InChI=1S/C9H22N2O/c1-8(2)12-6-4-5-11-7-9(3)10/h8-9,11H,4-7,10H2,1-3H3. The summed E-state index contributed by atoms with van der Waals surface area (Å²) in [6, 6.07) is 0.246. The van der Waals surface area contributed by atoms with Crippen LogP contribution in [0.25, 0.3) is 0 Å². The molecule has 0 aromatic rings. The molecule has 0 radical (unpaired) electrons. The molecule has 3 N–H and O–H groups in total. The number of rotatable bonds is 7. The van der Waals surface area contributed by atoms with Gasteiger partial charge in [0.15, 0.2) is 0 Å². The Morgan fingerprint density at radius 2 is 2.00 bits per heavy atom. The van der Waals surface area contributed by atoms with Crippen molar-refractivity contribution < 1.29 is 4.74 Å². The molecule has 0 amide bonds. The van der Waals surface area contributed by atoms with Crippen LogP contribution in [-0.2, 0) is 4.74 Å². The Bertz CT molecular complexity index is 82.5. The Kier molecular flexibility index (Phi) is 7.45. The van der Waals surface area contributed by atoms with E-state index in [1.54, 1.807) is 0 Å². The molecule has 0 heterocycles. The van der Waals surface area contributed by atoms with Crippen LogP contribution in [0.5, 0.6) is 0 Å². The molecular weight excluding hydrogens is 152 g/mol. The summed E-state index contributed by atoms with van der Waals surface area (Å²) in [5.41, 5.74) is 5.56. The Morgan fingerprint density at radius 1 is 1.33 bits per heavy atom. The monoisotopic (exact) mass is 174 g/mol. The van der Waals surface area contributed by atoms with E-state index < -0.39 is 0 Å². The summed E-state index contributed by atoms with van der Waals surface area (Å²) in [6.45, 7) is 8.82. The van der Waals surface area contributed by atoms with Crippen LogP contribution in [0.15, 0.2) is 0 Å². The Hall–Kier alpha value is -0.120. The van der Waals surface area contributed by atoms with Crippen LogP contribution < -0.4 is 11.1 Å². The first-order chi connectivity index (χ1) is 5.63. The molecule has 0 aliphatic rings. The largest absolute Gasteiger partial charge is 0.379 e. The van der Waals surface area contributed by atoms with Crippen molar-refractivity contribution in [3.8, 4) is 0 Å². The van der Waals surface area contributed by atoms with Gasteiger partial charge in [-0.15, -0.1) is 0 Å². The fourth-order valence-corrected chi connectivity index (χ4v) is 0.846. The van der Waals surface area contributed by atoms with E-state index in [2.05, 4.69) is 19.2 Å². The summed E-state index contributed by atoms with van der Waals surface area (Å²) in [4.78, 5) is 0. The second kappa shape index (κ2) is 7.53. The molecule has 1 unspecified atom stereocenters. The van der Waals surface area contributed by atoms with Gasteiger partial charge in [-0.2, -0.15) is 0 Å². The Balaban J connectivity index is 2.91. The molecule has 12 heavy (non-hydrogen) atoms. The van der Waals surface area contributed by atoms with Crippen LogP contribution in [0.1, 0.15) is 27.2 Å². The first-order valence-electron chi connectivity index (χ1n) is 4.71. The molecule has 0 aromatic carbocycles. The van der Waals surface area contributed by atoms with Crippen molar-refractivity contribution in [1.82, 2.24) is 5.32 Å². The fraction of sp³-hybridized carbons (Fsp3) is 1.00. The predicted molar refractivity (Wildman–Crippen MR) is 52.2 cm³/mol. The summed E-state index contributed by atoms with van der Waals surface area (Å²) in [6.07, 6.45) is 1.41. The number of ether oxygens (including phenoxy) is 1. The minimum atomic E-state index is 0.246. The van der Waals surface area contributed by atoms with E-state index >= 15 is 0 Å². The molecule has 0 rings (SSSR count). The highest BCUT2D eigenvalue weighted by Gasteiger charge is 1.94. The molecule has 0 spiro atoms. The molecule has 0 saturated heterocycles. The molecular formula is C9H22N2O. The van der Waals surface area contributed by atoms with Gasteiger partial charge in [-0.25, -0.2) is 0 Å². The molecule has 3 heteroatoms. The lowest BCUT2D eigenvalue weighted by molar-refractivity contribution is 0.0771. The van der Waals surface area contributed by atoms with Crippen LogP contribution >= 0.6 is 0 Å². The zero-order valence-corrected chi connectivity index (χ0v) is 8.47. The van der Waals surface area contributed by atoms with Crippen molar-refractivity contribution in [2.24, 2.45) is 5.73 Å². The summed E-state index contributed by atoms with van der Waals surface area (Å²) in [5.74, 6) is 0. The molecule has 0 aromatic heterocycles. The molecule has 0 bridgehead atoms. The third-order valence-electron chi connectivity index (χ3n) is 1.42. The number of nitrogens with two attached hydrogens (primary N) is 1. The van der Waals surface area contributed by atoms with Gasteiger partial charge in [0.05, 0.1) is 6.10 Å². The van der Waals surface area contributed by atoms with E-state index in [4.69, 9.17) is 10.5 Å². The maximum Gasteiger partial charge on any atom is 0.0518 e. The van der Waals surface area contributed by atoms with Gasteiger partial charge >= 0.3 is 0 Å². The van der Waals surface area contributed by atoms with E-state index in [1.807, 2.05) is 6.92 Å². The van der Waals surface area contributed by atoms with Crippen LogP contribution in [0.3, 0.4) is 0 Å². The van der Waals surface area contributed by atoms with E-state index in [0.717, 1.165) is 26.1 Å². The van der Waals surface area contributed by atoms with Crippen LogP contribution in [0.4, 0.5) is 0 Å². The topological polar surface area (TPSA) is 47.3 Å². The molecule has 0 saturated carbocycles. The molecule has 3 nitrogen and oxygen atoms in total. The molecule has 0 aliphatic carbocycles. The highest BCUT2D eigenvalue weighted by atomic mass is 16.5. The number of hydrogen-bond acceptors (Lipinski definition) is 3. The van der Waals surface area contributed by atoms with Crippen molar-refractivity contribution >= 4 is 0 Å². The lowest BCUT2D eigenvalue weighted by Crippen LogP contribution is -2.32. The minimum absolute atomic E-state index is 0.246. The lowest BCUT2D eigenvalue weighted by Gasteiger charge is -2.09. The van der Waals surface area contributed by atoms with Gasteiger partial charge < -0.3 is 15.8 Å². The van der Waals surface area contributed by atoms with Crippen molar-refractivity contribution in [3.05, 3.63) is 0 Å². The van der Waals surface area contributed by atoms with Gasteiger partial charge in [0.1, 0.15) is 0 Å². The molecule has 74 valence electrons. The SMILES string of the molecule is CC(N)CNCCCOC(C)C. The van der Waals surface area contributed by atoms with Crippen LogP contribution in [0, 0.1) is 0 Å². The summed E-state index contributed by atoms with van der Waals surface area (Å²) in [5, 5.41) is 3.25. The highest BCUT2D eigenvalue weighted by Crippen LogP contribution is 1.88.